The lowest BCUT2D eigenvalue weighted by Gasteiger charge is -2.15. The van der Waals surface area contributed by atoms with E-state index < -0.39 is 35.1 Å². The maximum absolute atomic E-state index is 13.3. The van der Waals surface area contributed by atoms with Gasteiger partial charge in [0.05, 0.1) is 27.3 Å². The van der Waals surface area contributed by atoms with Crippen molar-refractivity contribution in [3.05, 3.63) is 133 Å². The first-order chi connectivity index (χ1) is 20.1. The molecule has 5 rings (SSSR count). The highest BCUT2D eigenvalue weighted by molar-refractivity contribution is 9.10. The van der Waals surface area contributed by atoms with Gasteiger partial charge in [-0.15, -0.1) is 0 Å². The van der Waals surface area contributed by atoms with Gasteiger partial charge >= 0.3 is 5.97 Å². The zero-order valence-corrected chi connectivity index (χ0v) is 23.0. The van der Waals surface area contributed by atoms with Gasteiger partial charge in [-0.3, -0.25) is 29.3 Å². The van der Waals surface area contributed by atoms with E-state index in [0.29, 0.717) is 11.3 Å². The van der Waals surface area contributed by atoms with Crippen LogP contribution in [0.4, 0.5) is 17.1 Å². The Labute approximate surface area is 246 Å². The normalized spacial score (nSPS) is 12.1. The molecule has 4 aromatic carbocycles. The number of halogens is 1. The number of ether oxygens (including phenoxy) is 1. The summed E-state index contributed by atoms with van der Waals surface area (Å²) in [6.45, 7) is -0.633. The summed E-state index contributed by atoms with van der Waals surface area (Å²) in [5, 5.41) is 13.5. The van der Waals surface area contributed by atoms with E-state index in [-0.39, 0.29) is 39.5 Å². The highest BCUT2D eigenvalue weighted by Crippen LogP contribution is 2.31. The number of carbonyl (C=O) groups excluding carboxylic acids is 5. The number of esters is 1. The second kappa shape index (κ2) is 11.6. The van der Waals surface area contributed by atoms with E-state index in [0.717, 1.165) is 21.5 Å². The third-order valence-corrected chi connectivity index (χ3v) is 6.85. The Hall–Kier alpha value is -5.49. The number of anilines is 2. The maximum atomic E-state index is 13.3. The molecule has 0 bridgehead atoms. The van der Waals surface area contributed by atoms with Gasteiger partial charge in [-0.05, 0) is 72.8 Å². The Balaban J connectivity index is 1.28. The van der Waals surface area contributed by atoms with E-state index >= 15 is 0 Å². The van der Waals surface area contributed by atoms with Gasteiger partial charge in [0.15, 0.2) is 12.4 Å². The molecule has 11 nitrogen and oxygen atoms in total. The minimum absolute atomic E-state index is 0.0274. The van der Waals surface area contributed by atoms with Crippen LogP contribution in [-0.4, -0.2) is 41.0 Å². The Morgan fingerprint density at radius 1 is 0.810 bits per heavy atom. The van der Waals surface area contributed by atoms with E-state index in [4.69, 9.17) is 4.74 Å². The molecule has 0 unspecified atom stereocenters. The smallest absolute Gasteiger partial charge is 0.338 e. The highest BCUT2D eigenvalue weighted by Gasteiger charge is 2.37. The van der Waals surface area contributed by atoms with Crippen LogP contribution < -0.4 is 10.2 Å². The van der Waals surface area contributed by atoms with E-state index in [2.05, 4.69) is 21.2 Å². The molecule has 4 aromatic rings. The van der Waals surface area contributed by atoms with Crippen LogP contribution in [0.15, 0.2) is 95.5 Å². The third-order valence-electron chi connectivity index (χ3n) is 6.33. The lowest BCUT2D eigenvalue weighted by atomic mass is 10.1. The van der Waals surface area contributed by atoms with Gasteiger partial charge in [0.1, 0.15) is 0 Å². The summed E-state index contributed by atoms with van der Waals surface area (Å²) >= 11 is 3.31. The molecule has 0 saturated heterocycles. The highest BCUT2D eigenvalue weighted by atomic mass is 79.9. The molecular formula is C30H18BrN3O8. The molecule has 0 spiro atoms. The topological polar surface area (TPSA) is 153 Å². The van der Waals surface area contributed by atoms with Crippen molar-refractivity contribution in [2.75, 3.05) is 16.8 Å². The number of hydrogen-bond acceptors (Lipinski definition) is 8. The average molecular weight is 628 g/mol. The summed E-state index contributed by atoms with van der Waals surface area (Å²) in [6, 6.07) is 21.6. The molecule has 1 aliphatic rings. The van der Waals surface area contributed by atoms with Crippen molar-refractivity contribution >= 4 is 62.5 Å². The standard InChI is InChI=1S/C30H18BrN3O8/c31-20-9-4-18(5-10-20)27(36)32-21-2-1-3-23(15-21)33-28(37)24-13-8-19(14-25(24)29(33)38)30(39)42-16-26(35)17-6-11-22(12-7-17)34(40)41/h1-15H,16H2,(H,32,36). The average Bonchev–Trinajstić information content (AvgIpc) is 3.24. The molecule has 1 N–H and O–H groups in total. The number of ketones is 1. The monoisotopic (exact) mass is 627 g/mol. The van der Waals surface area contributed by atoms with E-state index in [1.807, 2.05) is 0 Å². The van der Waals surface area contributed by atoms with Crippen LogP contribution in [0, 0.1) is 10.1 Å². The number of non-ortho nitro benzene ring substituents is 1. The Morgan fingerprint density at radius 2 is 1.45 bits per heavy atom. The van der Waals surface area contributed by atoms with Crippen LogP contribution in [0.5, 0.6) is 0 Å². The summed E-state index contributed by atoms with van der Waals surface area (Å²) < 4.78 is 5.89. The number of fused-ring (bicyclic) bond motifs is 1. The molecule has 0 aliphatic carbocycles. The Morgan fingerprint density at radius 3 is 2.14 bits per heavy atom. The summed E-state index contributed by atoms with van der Waals surface area (Å²) in [6.07, 6.45) is 0. The minimum atomic E-state index is -0.899. The van der Waals surface area contributed by atoms with Crippen LogP contribution in [0.25, 0.3) is 0 Å². The molecule has 3 amide bonds. The predicted octanol–water partition coefficient (Wildman–Crippen LogP) is 5.45. The summed E-state index contributed by atoms with van der Waals surface area (Å²) in [7, 11) is 0. The maximum Gasteiger partial charge on any atom is 0.338 e. The Bertz CT molecular complexity index is 1790. The number of nitrogens with one attached hydrogen (secondary N) is 1. The second-order valence-electron chi connectivity index (χ2n) is 9.02. The van der Waals surface area contributed by atoms with Gasteiger partial charge in [-0.1, -0.05) is 22.0 Å². The number of Topliss-reactive ketones (excluding diaryl/α,β-unsaturated/α-hetero) is 1. The van der Waals surface area contributed by atoms with Crippen molar-refractivity contribution < 1.29 is 33.6 Å². The van der Waals surface area contributed by atoms with Gasteiger partial charge in [-0.25, -0.2) is 9.69 Å². The number of hydrogen-bond donors (Lipinski definition) is 1. The molecule has 12 heteroatoms. The third kappa shape index (κ3) is 5.69. The quantitative estimate of drug-likeness (QED) is 0.0889. The van der Waals surface area contributed by atoms with E-state index in [1.54, 1.807) is 36.4 Å². The van der Waals surface area contributed by atoms with Gasteiger partial charge < -0.3 is 10.1 Å². The lowest BCUT2D eigenvalue weighted by Crippen LogP contribution is -2.29. The molecule has 0 aromatic heterocycles. The largest absolute Gasteiger partial charge is 0.454 e. The Kier molecular flexibility index (Phi) is 7.71. The number of rotatable bonds is 8. The van der Waals surface area contributed by atoms with Crippen molar-refractivity contribution in [2.45, 2.75) is 0 Å². The van der Waals surface area contributed by atoms with Crippen molar-refractivity contribution in [1.82, 2.24) is 0 Å². The number of nitro groups is 1. The molecular weight excluding hydrogens is 610 g/mol. The fraction of sp³-hybridized carbons (Fsp3) is 0.0333. The second-order valence-corrected chi connectivity index (χ2v) is 9.94. The first kappa shape index (κ1) is 28.1. The van der Waals surface area contributed by atoms with Crippen LogP contribution in [0.3, 0.4) is 0 Å². The van der Waals surface area contributed by atoms with Crippen molar-refractivity contribution in [1.29, 1.82) is 0 Å². The van der Waals surface area contributed by atoms with E-state index in [1.165, 1.54) is 42.5 Å². The molecule has 42 heavy (non-hydrogen) atoms. The molecule has 208 valence electrons. The van der Waals surface area contributed by atoms with Crippen LogP contribution in [0.2, 0.25) is 0 Å². The van der Waals surface area contributed by atoms with E-state index in [9.17, 15) is 34.1 Å². The van der Waals surface area contributed by atoms with Crippen molar-refractivity contribution in [3.8, 4) is 0 Å². The van der Waals surface area contributed by atoms with Gasteiger partial charge in [0.25, 0.3) is 23.4 Å². The zero-order valence-electron chi connectivity index (χ0n) is 21.4. The summed E-state index contributed by atoms with van der Waals surface area (Å²) in [5.41, 5.74) is 0.915. The molecule has 0 saturated carbocycles. The first-order valence-corrected chi connectivity index (χ1v) is 13.1. The molecule has 0 radical (unpaired) electrons. The lowest BCUT2D eigenvalue weighted by molar-refractivity contribution is -0.384. The van der Waals surface area contributed by atoms with Gasteiger partial charge in [-0.2, -0.15) is 0 Å². The molecule has 0 fully saturated rings. The first-order valence-electron chi connectivity index (χ1n) is 12.3. The molecule has 1 aliphatic heterocycles. The zero-order chi connectivity index (χ0) is 30.0. The number of carbonyl (C=O) groups is 5. The fourth-order valence-electron chi connectivity index (χ4n) is 4.20. The molecule has 1 heterocycles. The minimum Gasteiger partial charge on any atom is -0.454 e. The number of nitrogens with zero attached hydrogens (tertiary/aromatic N) is 2. The predicted molar refractivity (Wildman–Crippen MR) is 154 cm³/mol. The number of benzene rings is 4. The number of imide groups is 1. The number of amides is 3. The van der Waals surface area contributed by atoms with Gasteiger partial charge in [0, 0.05) is 33.4 Å². The summed E-state index contributed by atoms with van der Waals surface area (Å²) in [5.74, 6) is -3.15. The SMILES string of the molecule is O=C(COC(=O)c1ccc2c(c1)C(=O)N(c1cccc(NC(=O)c3ccc(Br)cc3)c1)C2=O)c1ccc([N+](=O)[O-])cc1. The fourth-order valence-corrected chi connectivity index (χ4v) is 4.46. The van der Waals surface area contributed by atoms with Crippen LogP contribution in [0.1, 0.15) is 51.8 Å². The molecule has 0 atom stereocenters. The van der Waals surface area contributed by atoms with Gasteiger partial charge in [0.2, 0.25) is 0 Å². The van der Waals surface area contributed by atoms with Crippen LogP contribution >= 0.6 is 15.9 Å². The van der Waals surface area contributed by atoms with Crippen molar-refractivity contribution in [2.24, 2.45) is 0 Å². The summed E-state index contributed by atoms with van der Waals surface area (Å²) in [4.78, 5) is 75.1. The number of nitro benzene ring substituents is 1. The van der Waals surface area contributed by atoms with Crippen LogP contribution in [-0.2, 0) is 4.74 Å². The van der Waals surface area contributed by atoms with Crippen molar-refractivity contribution in [3.63, 3.8) is 0 Å².